The van der Waals surface area contributed by atoms with Crippen molar-refractivity contribution in [2.75, 3.05) is 0 Å². The van der Waals surface area contributed by atoms with E-state index in [1.165, 1.54) is 0 Å². The number of nitrogens with two attached hydrogens (primary N) is 1. The SMILES string of the molecule is CC(N)CC(=O)NCc1nc(-c2ccc(Cl)cc2)no1. The molecule has 20 heavy (non-hydrogen) atoms. The van der Waals surface area contributed by atoms with Crippen molar-refractivity contribution < 1.29 is 9.32 Å². The Hall–Kier alpha value is -1.92. The molecular formula is C13H15ClN4O2. The predicted molar refractivity (Wildman–Crippen MR) is 74.9 cm³/mol. The summed E-state index contributed by atoms with van der Waals surface area (Å²) in [7, 11) is 0. The van der Waals surface area contributed by atoms with Crippen LogP contribution >= 0.6 is 11.6 Å². The maximum atomic E-state index is 11.4. The van der Waals surface area contributed by atoms with Crippen molar-refractivity contribution in [3.8, 4) is 11.4 Å². The second kappa shape index (κ2) is 6.49. The van der Waals surface area contributed by atoms with Crippen molar-refractivity contribution >= 4 is 17.5 Å². The first-order chi connectivity index (χ1) is 9.54. The molecule has 0 radical (unpaired) electrons. The molecule has 7 heteroatoms. The van der Waals surface area contributed by atoms with Crippen molar-refractivity contribution in [2.24, 2.45) is 5.73 Å². The standard InChI is InChI=1S/C13H15ClN4O2/c1-8(15)6-11(19)16-7-12-17-13(18-20-12)9-2-4-10(14)5-3-9/h2-5,8H,6-7,15H2,1H3,(H,16,19). The van der Waals surface area contributed by atoms with Crippen molar-refractivity contribution in [3.63, 3.8) is 0 Å². The summed E-state index contributed by atoms with van der Waals surface area (Å²) in [5, 5.41) is 7.16. The number of carbonyl (C=O) groups is 1. The molecule has 2 rings (SSSR count). The van der Waals surface area contributed by atoms with Crippen LogP contribution < -0.4 is 11.1 Å². The Bertz CT molecular complexity index is 580. The number of benzene rings is 1. The van der Waals surface area contributed by atoms with Gasteiger partial charge in [-0.2, -0.15) is 4.98 Å². The van der Waals surface area contributed by atoms with Gasteiger partial charge in [0.1, 0.15) is 0 Å². The minimum Gasteiger partial charge on any atom is -0.347 e. The molecule has 3 N–H and O–H groups in total. The van der Waals surface area contributed by atoms with Gasteiger partial charge in [0.2, 0.25) is 17.6 Å². The number of amides is 1. The maximum absolute atomic E-state index is 11.4. The van der Waals surface area contributed by atoms with Crippen LogP contribution in [-0.4, -0.2) is 22.1 Å². The van der Waals surface area contributed by atoms with Crippen LogP contribution in [0.3, 0.4) is 0 Å². The first-order valence-electron chi connectivity index (χ1n) is 6.15. The van der Waals surface area contributed by atoms with Crippen LogP contribution in [0.1, 0.15) is 19.2 Å². The van der Waals surface area contributed by atoms with Gasteiger partial charge in [-0.25, -0.2) is 0 Å². The molecule has 6 nitrogen and oxygen atoms in total. The summed E-state index contributed by atoms with van der Waals surface area (Å²) in [6.07, 6.45) is 0.262. The zero-order chi connectivity index (χ0) is 14.5. The Kier molecular flexibility index (Phi) is 4.70. The molecule has 2 aromatic rings. The molecule has 1 unspecified atom stereocenters. The number of aromatic nitrogens is 2. The molecule has 1 aromatic heterocycles. The van der Waals surface area contributed by atoms with Crippen LogP contribution in [0.4, 0.5) is 0 Å². The van der Waals surface area contributed by atoms with Crippen molar-refractivity contribution in [1.82, 2.24) is 15.5 Å². The smallest absolute Gasteiger partial charge is 0.246 e. The number of hydrogen-bond donors (Lipinski definition) is 2. The van der Waals surface area contributed by atoms with Gasteiger partial charge in [0.25, 0.3) is 0 Å². The Morgan fingerprint density at radius 1 is 1.45 bits per heavy atom. The summed E-state index contributed by atoms with van der Waals surface area (Å²) in [6.45, 7) is 1.96. The highest BCUT2D eigenvalue weighted by atomic mass is 35.5. The van der Waals surface area contributed by atoms with Gasteiger partial charge in [-0.15, -0.1) is 0 Å². The van der Waals surface area contributed by atoms with E-state index in [1.54, 1.807) is 31.2 Å². The van der Waals surface area contributed by atoms with Crippen LogP contribution in [0.2, 0.25) is 5.02 Å². The van der Waals surface area contributed by atoms with E-state index in [1.807, 2.05) is 0 Å². The average molecular weight is 295 g/mol. The quantitative estimate of drug-likeness (QED) is 0.876. The lowest BCUT2D eigenvalue weighted by molar-refractivity contribution is -0.121. The van der Waals surface area contributed by atoms with E-state index in [0.29, 0.717) is 16.7 Å². The zero-order valence-corrected chi connectivity index (χ0v) is 11.7. The molecule has 0 saturated carbocycles. The van der Waals surface area contributed by atoms with Crippen LogP contribution in [0, 0.1) is 0 Å². The summed E-state index contributed by atoms with van der Waals surface area (Å²) < 4.78 is 5.06. The molecule has 0 fully saturated rings. The fraction of sp³-hybridized carbons (Fsp3) is 0.308. The van der Waals surface area contributed by atoms with Crippen LogP contribution in [-0.2, 0) is 11.3 Å². The molecule has 0 aliphatic rings. The van der Waals surface area contributed by atoms with Crippen molar-refractivity contribution in [3.05, 3.63) is 35.2 Å². The van der Waals surface area contributed by atoms with Gasteiger partial charge in [-0.3, -0.25) is 4.79 Å². The third-order valence-corrected chi connectivity index (χ3v) is 2.77. The van der Waals surface area contributed by atoms with E-state index in [2.05, 4.69) is 15.5 Å². The number of nitrogens with one attached hydrogen (secondary N) is 1. The summed E-state index contributed by atoms with van der Waals surface area (Å²) >= 11 is 5.81. The molecule has 106 valence electrons. The first-order valence-corrected chi connectivity index (χ1v) is 6.53. The molecule has 0 bridgehead atoms. The maximum Gasteiger partial charge on any atom is 0.246 e. The Labute approximate surface area is 121 Å². The monoisotopic (exact) mass is 294 g/mol. The lowest BCUT2D eigenvalue weighted by Crippen LogP contribution is -2.29. The van der Waals surface area contributed by atoms with Gasteiger partial charge >= 0.3 is 0 Å². The lowest BCUT2D eigenvalue weighted by Gasteiger charge is -2.04. The summed E-state index contributed by atoms with van der Waals surface area (Å²) in [6, 6.07) is 6.91. The highest BCUT2D eigenvalue weighted by Crippen LogP contribution is 2.18. The molecule has 0 spiro atoms. The minimum absolute atomic E-state index is 0.147. The van der Waals surface area contributed by atoms with E-state index in [-0.39, 0.29) is 24.9 Å². The van der Waals surface area contributed by atoms with Gasteiger partial charge in [-0.1, -0.05) is 16.8 Å². The molecular weight excluding hydrogens is 280 g/mol. The number of halogens is 1. The first kappa shape index (κ1) is 14.5. The predicted octanol–water partition coefficient (Wildman–Crippen LogP) is 1.74. The van der Waals surface area contributed by atoms with Crippen molar-refractivity contribution in [1.29, 1.82) is 0 Å². The van der Waals surface area contributed by atoms with Crippen LogP contribution in [0.25, 0.3) is 11.4 Å². The average Bonchev–Trinajstić information content (AvgIpc) is 2.85. The number of rotatable bonds is 5. The Balaban J connectivity index is 1.95. The fourth-order valence-electron chi connectivity index (χ4n) is 1.58. The summed E-state index contributed by atoms with van der Waals surface area (Å²) in [4.78, 5) is 15.6. The molecule has 0 aliphatic heterocycles. The van der Waals surface area contributed by atoms with E-state index in [9.17, 15) is 4.79 Å². The highest BCUT2D eigenvalue weighted by Gasteiger charge is 2.10. The normalized spacial score (nSPS) is 12.2. The van der Waals surface area contributed by atoms with Gasteiger partial charge in [0.15, 0.2) is 0 Å². The molecule has 1 atom stereocenters. The highest BCUT2D eigenvalue weighted by molar-refractivity contribution is 6.30. The van der Waals surface area contributed by atoms with Crippen LogP contribution in [0.15, 0.2) is 28.8 Å². The molecule has 1 heterocycles. The second-order valence-electron chi connectivity index (χ2n) is 4.48. The second-order valence-corrected chi connectivity index (χ2v) is 4.91. The largest absolute Gasteiger partial charge is 0.347 e. The third-order valence-electron chi connectivity index (χ3n) is 2.51. The number of hydrogen-bond acceptors (Lipinski definition) is 5. The van der Waals surface area contributed by atoms with Gasteiger partial charge in [0, 0.05) is 23.0 Å². The molecule has 1 aromatic carbocycles. The summed E-state index contributed by atoms with van der Waals surface area (Å²) in [5.74, 6) is 0.650. The molecule has 0 aliphatic carbocycles. The Morgan fingerprint density at radius 3 is 2.80 bits per heavy atom. The van der Waals surface area contributed by atoms with Crippen molar-refractivity contribution in [2.45, 2.75) is 25.9 Å². The van der Waals surface area contributed by atoms with Gasteiger partial charge < -0.3 is 15.6 Å². The lowest BCUT2D eigenvalue weighted by atomic mass is 10.2. The van der Waals surface area contributed by atoms with Gasteiger partial charge in [0.05, 0.1) is 6.54 Å². The molecule has 1 amide bonds. The topological polar surface area (TPSA) is 94.0 Å². The summed E-state index contributed by atoms with van der Waals surface area (Å²) in [5.41, 5.74) is 6.33. The van der Waals surface area contributed by atoms with Gasteiger partial charge in [-0.05, 0) is 31.2 Å². The molecule has 0 saturated heterocycles. The fourth-order valence-corrected chi connectivity index (χ4v) is 1.71. The Morgan fingerprint density at radius 2 is 2.15 bits per heavy atom. The van der Waals surface area contributed by atoms with E-state index < -0.39 is 0 Å². The number of nitrogens with zero attached hydrogens (tertiary/aromatic N) is 2. The number of carbonyl (C=O) groups excluding carboxylic acids is 1. The third kappa shape index (κ3) is 4.04. The van der Waals surface area contributed by atoms with E-state index in [0.717, 1.165) is 5.56 Å². The van der Waals surface area contributed by atoms with E-state index >= 15 is 0 Å². The zero-order valence-electron chi connectivity index (χ0n) is 11.0. The van der Waals surface area contributed by atoms with E-state index in [4.69, 9.17) is 21.9 Å². The minimum atomic E-state index is -0.178. The van der Waals surface area contributed by atoms with Crippen LogP contribution in [0.5, 0.6) is 0 Å².